The molecule has 0 fully saturated rings. The van der Waals surface area contributed by atoms with Crippen molar-refractivity contribution in [1.82, 2.24) is 0 Å². The molecular weight excluding hydrogens is 290 g/mol. The Bertz CT molecular complexity index is 255. The number of nitrogens with zero attached hydrogens (tertiary/aromatic N) is 1. The molecule has 0 unspecified atom stereocenters. The van der Waals surface area contributed by atoms with Crippen molar-refractivity contribution in [2.45, 2.75) is 78.1 Å². The third-order valence-electron chi connectivity index (χ3n) is 4.24. The number of likely N-dealkylation sites (N-methyl/N-ethyl adjacent to an activating group) is 1. The van der Waals surface area contributed by atoms with Crippen molar-refractivity contribution in [3.8, 4) is 0 Å². The summed E-state index contributed by atoms with van der Waals surface area (Å²) in [6.07, 6.45) is 11.2. The summed E-state index contributed by atoms with van der Waals surface area (Å²) in [5, 5.41) is 10.1. The molecule has 0 atom stereocenters. The fraction of sp³-hybridized carbons (Fsp3) is 0.947. The van der Waals surface area contributed by atoms with E-state index in [-0.39, 0.29) is 6.42 Å². The van der Waals surface area contributed by atoms with Crippen LogP contribution in [-0.2, 0) is 9.53 Å². The van der Waals surface area contributed by atoms with Crippen LogP contribution in [0.5, 0.6) is 0 Å². The van der Waals surface area contributed by atoms with Gasteiger partial charge in [0.25, 0.3) is 0 Å². The molecule has 0 aliphatic carbocycles. The number of quaternary nitrogens is 1. The molecule has 0 aliphatic rings. The highest BCUT2D eigenvalue weighted by Gasteiger charge is 2.09. The molecule has 23 heavy (non-hydrogen) atoms. The normalized spacial score (nSPS) is 11.0. The molecule has 0 heterocycles. The quantitative estimate of drug-likeness (QED) is 0.362. The molecule has 0 N–H and O–H groups in total. The minimum atomic E-state index is -0.909. The van der Waals surface area contributed by atoms with E-state index in [0.717, 1.165) is 30.5 Å². The first-order chi connectivity index (χ1) is 10.9. The zero-order valence-corrected chi connectivity index (χ0v) is 16.4. The summed E-state index contributed by atoms with van der Waals surface area (Å²) < 4.78 is 6.01. The zero-order valence-electron chi connectivity index (χ0n) is 16.4. The highest BCUT2D eigenvalue weighted by atomic mass is 16.5. The molecule has 0 aromatic heterocycles. The second-order valence-electron chi connectivity index (χ2n) is 6.92. The van der Waals surface area contributed by atoms with Crippen molar-refractivity contribution in [2.75, 3.05) is 40.9 Å². The van der Waals surface area contributed by atoms with Gasteiger partial charge in [-0.3, -0.25) is 0 Å². The molecule has 0 saturated carbocycles. The SMILES string of the molecule is CCCCCCCCCCCC(=O)[O-].CC[N+](C)(C)CCOC. The first kappa shape index (κ1) is 24.6. The minimum Gasteiger partial charge on any atom is -0.550 e. The van der Waals surface area contributed by atoms with Crippen LogP contribution in [0.2, 0.25) is 0 Å². The Morgan fingerprint density at radius 3 is 1.78 bits per heavy atom. The minimum absolute atomic E-state index is 0.232. The van der Waals surface area contributed by atoms with Gasteiger partial charge in [-0.2, -0.15) is 0 Å². The van der Waals surface area contributed by atoms with Gasteiger partial charge < -0.3 is 19.1 Å². The van der Waals surface area contributed by atoms with Gasteiger partial charge in [-0.1, -0.05) is 58.3 Å². The lowest BCUT2D eigenvalue weighted by Crippen LogP contribution is -2.41. The van der Waals surface area contributed by atoms with Gasteiger partial charge in [-0.15, -0.1) is 0 Å². The van der Waals surface area contributed by atoms with Gasteiger partial charge in [0.1, 0.15) is 6.54 Å². The maximum absolute atomic E-state index is 10.1. The molecule has 0 saturated heterocycles. The topological polar surface area (TPSA) is 49.4 Å². The van der Waals surface area contributed by atoms with E-state index >= 15 is 0 Å². The smallest absolute Gasteiger partial charge is 0.102 e. The average Bonchev–Trinajstić information content (AvgIpc) is 2.52. The van der Waals surface area contributed by atoms with Crippen molar-refractivity contribution in [1.29, 1.82) is 0 Å². The summed E-state index contributed by atoms with van der Waals surface area (Å²) in [6, 6.07) is 0. The Hall–Kier alpha value is -0.610. The van der Waals surface area contributed by atoms with Crippen molar-refractivity contribution in [3.05, 3.63) is 0 Å². The van der Waals surface area contributed by atoms with Crippen molar-refractivity contribution >= 4 is 5.97 Å². The third-order valence-corrected chi connectivity index (χ3v) is 4.24. The van der Waals surface area contributed by atoms with E-state index in [1.165, 1.54) is 51.5 Å². The van der Waals surface area contributed by atoms with Gasteiger partial charge in [-0.25, -0.2) is 0 Å². The highest BCUT2D eigenvalue weighted by molar-refractivity contribution is 5.63. The van der Waals surface area contributed by atoms with E-state index < -0.39 is 5.97 Å². The Balaban J connectivity index is 0. The second kappa shape index (κ2) is 17.7. The summed E-state index contributed by atoms with van der Waals surface area (Å²) in [6.45, 7) is 7.55. The summed E-state index contributed by atoms with van der Waals surface area (Å²) in [5.74, 6) is -0.909. The van der Waals surface area contributed by atoms with E-state index in [1.807, 2.05) is 0 Å². The molecule has 0 spiro atoms. The fourth-order valence-corrected chi connectivity index (χ4v) is 2.08. The maximum atomic E-state index is 10.1. The number of carboxylic acids is 1. The van der Waals surface area contributed by atoms with Gasteiger partial charge in [-0.05, 0) is 19.8 Å². The number of ether oxygens (including phenoxy) is 1. The lowest BCUT2D eigenvalue weighted by atomic mass is 10.1. The molecule has 4 nitrogen and oxygen atoms in total. The number of methoxy groups -OCH3 is 1. The summed E-state index contributed by atoms with van der Waals surface area (Å²) in [5.41, 5.74) is 0. The summed E-state index contributed by atoms with van der Waals surface area (Å²) in [7, 11) is 6.16. The number of rotatable bonds is 14. The highest BCUT2D eigenvalue weighted by Crippen LogP contribution is 2.10. The predicted molar refractivity (Wildman–Crippen MR) is 96.2 cm³/mol. The van der Waals surface area contributed by atoms with Crippen LogP contribution in [0.1, 0.15) is 78.1 Å². The lowest BCUT2D eigenvalue weighted by Gasteiger charge is -2.27. The van der Waals surface area contributed by atoms with Crippen LogP contribution in [0.4, 0.5) is 0 Å². The van der Waals surface area contributed by atoms with Crippen LogP contribution in [0.3, 0.4) is 0 Å². The van der Waals surface area contributed by atoms with Gasteiger partial charge in [0.2, 0.25) is 0 Å². The number of carbonyl (C=O) groups excluding carboxylic acids is 1. The number of unbranched alkanes of at least 4 members (excludes halogenated alkanes) is 8. The zero-order chi connectivity index (χ0) is 18.0. The van der Waals surface area contributed by atoms with E-state index in [1.54, 1.807) is 7.11 Å². The monoisotopic (exact) mass is 331 g/mol. The Kier molecular flexibility index (Phi) is 19.0. The largest absolute Gasteiger partial charge is 0.550 e. The number of hydrogen-bond donors (Lipinski definition) is 0. The maximum Gasteiger partial charge on any atom is 0.102 e. The molecule has 4 heteroatoms. The van der Waals surface area contributed by atoms with Crippen LogP contribution in [-0.4, -0.2) is 51.4 Å². The summed E-state index contributed by atoms with van der Waals surface area (Å²) >= 11 is 0. The Morgan fingerprint density at radius 2 is 1.39 bits per heavy atom. The second-order valence-corrected chi connectivity index (χ2v) is 6.92. The first-order valence-corrected chi connectivity index (χ1v) is 9.40. The Morgan fingerprint density at radius 1 is 0.913 bits per heavy atom. The summed E-state index contributed by atoms with van der Waals surface area (Å²) in [4.78, 5) is 10.1. The lowest BCUT2D eigenvalue weighted by molar-refractivity contribution is -0.888. The molecule has 0 aromatic carbocycles. The predicted octanol–water partition coefficient (Wildman–Crippen LogP) is 3.39. The van der Waals surface area contributed by atoms with Gasteiger partial charge in [0.05, 0.1) is 27.2 Å². The van der Waals surface area contributed by atoms with Crippen molar-refractivity contribution in [3.63, 3.8) is 0 Å². The van der Waals surface area contributed by atoms with Gasteiger partial charge in [0.15, 0.2) is 0 Å². The number of carboxylic acid groups (broad SMARTS) is 1. The van der Waals surface area contributed by atoms with E-state index in [0.29, 0.717) is 0 Å². The first-order valence-electron chi connectivity index (χ1n) is 9.40. The van der Waals surface area contributed by atoms with Crippen LogP contribution >= 0.6 is 0 Å². The number of aliphatic carboxylic acids is 1. The van der Waals surface area contributed by atoms with Crippen LogP contribution in [0.25, 0.3) is 0 Å². The molecular formula is C19H41NO3. The van der Waals surface area contributed by atoms with Crippen LogP contribution in [0.15, 0.2) is 0 Å². The molecule has 140 valence electrons. The third kappa shape index (κ3) is 23.8. The molecule has 0 aliphatic heterocycles. The molecule has 0 amide bonds. The Labute approximate surface area is 144 Å². The number of carbonyl (C=O) groups is 1. The van der Waals surface area contributed by atoms with Gasteiger partial charge >= 0.3 is 0 Å². The van der Waals surface area contributed by atoms with E-state index in [9.17, 15) is 9.90 Å². The van der Waals surface area contributed by atoms with E-state index in [2.05, 4.69) is 27.9 Å². The fourth-order valence-electron chi connectivity index (χ4n) is 2.08. The number of hydrogen-bond acceptors (Lipinski definition) is 3. The van der Waals surface area contributed by atoms with Crippen LogP contribution in [0, 0.1) is 0 Å². The van der Waals surface area contributed by atoms with Gasteiger partial charge in [0, 0.05) is 13.1 Å². The van der Waals surface area contributed by atoms with E-state index in [4.69, 9.17) is 4.74 Å². The van der Waals surface area contributed by atoms with Crippen molar-refractivity contribution in [2.24, 2.45) is 0 Å². The van der Waals surface area contributed by atoms with Crippen LogP contribution < -0.4 is 5.11 Å². The molecule has 0 bridgehead atoms. The molecule has 0 rings (SSSR count). The molecule has 0 radical (unpaired) electrons. The molecule has 0 aromatic rings. The van der Waals surface area contributed by atoms with Crippen molar-refractivity contribution < 1.29 is 19.1 Å². The standard InChI is InChI=1S/C12H24O2.C7H18NO/c1-2-3-4-5-6-7-8-9-10-11-12(13)14;1-5-8(2,3)6-7-9-4/h2-11H2,1H3,(H,13,14);5-7H2,1-4H3/q;+1/p-1. The average molecular weight is 332 g/mol.